The highest BCUT2D eigenvalue weighted by Gasteiger charge is 2.22. The van der Waals surface area contributed by atoms with E-state index in [0.29, 0.717) is 12.8 Å². The van der Waals surface area contributed by atoms with Crippen LogP contribution in [0.2, 0.25) is 0 Å². The maximum Gasteiger partial charge on any atom is 0.143 e. The average Bonchev–Trinajstić information content (AvgIpc) is 1.88. The van der Waals surface area contributed by atoms with Crippen molar-refractivity contribution in [1.82, 2.24) is 0 Å². The van der Waals surface area contributed by atoms with Crippen molar-refractivity contribution in [3.8, 4) is 0 Å². The van der Waals surface area contributed by atoms with Crippen LogP contribution >= 0.6 is 0 Å². The van der Waals surface area contributed by atoms with E-state index < -0.39 is 22.1 Å². The second-order valence-corrected chi connectivity index (χ2v) is 4.00. The number of alkyl halides is 1. The third kappa shape index (κ3) is 1.94. The Kier molecular flexibility index (Phi) is 2.65. The van der Waals surface area contributed by atoms with Crippen molar-refractivity contribution >= 4 is 10.7 Å². The fourth-order valence-electron chi connectivity index (χ4n) is 1.30. The van der Waals surface area contributed by atoms with Gasteiger partial charge in [-0.3, -0.25) is 0 Å². The second-order valence-electron chi connectivity index (χ2n) is 2.70. The summed E-state index contributed by atoms with van der Waals surface area (Å²) < 4.78 is 33.3. The third-order valence-electron chi connectivity index (χ3n) is 1.88. The Morgan fingerprint density at radius 1 is 1.30 bits per heavy atom. The molecule has 1 aliphatic rings. The number of hydrogen-bond acceptors (Lipinski definition) is 2. The molecule has 1 aliphatic carbocycles. The summed E-state index contributed by atoms with van der Waals surface area (Å²) in [5.74, 6) is 0. The van der Waals surface area contributed by atoms with E-state index in [1.807, 2.05) is 0 Å². The highest BCUT2D eigenvalue weighted by molar-refractivity contribution is 7.73. The van der Waals surface area contributed by atoms with Crippen LogP contribution in [0.4, 0.5) is 4.39 Å². The first-order chi connectivity index (χ1) is 4.70. The van der Waals surface area contributed by atoms with Crippen LogP contribution in [-0.4, -0.2) is 19.8 Å². The van der Waals surface area contributed by atoms with Crippen molar-refractivity contribution in [3.05, 3.63) is 0 Å². The van der Waals surface area contributed by atoms with Crippen LogP contribution < -0.4 is 0 Å². The lowest BCUT2D eigenvalue weighted by atomic mass is 9.99. The molecule has 0 bridgehead atoms. The molecule has 0 amide bonds. The Balaban J connectivity index is 2.47. The lowest BCUT2D eigenvalue weighted by Crippen LogP contribution is -2.21. The third-order valence-corrected chi connectivity index (χ3v) is 2.95. The molecule has 10 heavy (non-hydrogen) atoms. The second kappa shape index (κ2) is 3.32. The highest BCUT2D eigenvalue weighted by atomic mass is 32.2. The maximum absolute atomic E-state index is 12.5. The molecule has 1 fully saturated rings. The summed E-state index contributed by atoms with van der Waals surface area (Å²) >= 11 is 0. The Labute approximate surface area is 61.4 Å². The minimum Gasteiger partial charge on any atom is -0.247 e. The van der Waals surface area contributed by atoms with Gasteiger partial charge in [0.1, 0.15) is 16.9 Å². The molecule has 0 radical (unpaired) electrons. The van der Waals surface area contributed by atoms with Crippen LogP contribution in [0.5, 0.6) is 0 Å². The molecular formula is C6H11FO2S. The molecule has 0 aromatic rings. The van der Waals surface area contributed by atoms with Crippen molar-refractivity contribution in [3.63, 3.8) is 0 Å². The largest absolute Gasteiger partial charge is 0.247 e. The molecular weight excluding hydrogens is 155 g/mol. The molecule has 0 saturated heterocycles. The molecule has 1 saturated carbocycles. The van der Waals surface area contributed by atoms with Crippen molar-refractivity contribution in [1.29, 1.82) is 0 Å². The van der Waals surface area contributed by atoms with Gasteiger partial charge in [0.15, 0.2) is 0 Å². The Bertz CT molecular complexity index is 171. The summed E-state index contributed by atoms with van der Waals surface area (Å²) in [5.41, 5.74) is 0. The van der Waals surface area contributed by atoms with Gasteiger partial charge in [0.2, 0.25) is 0 Å². The normalized spacial score (nSPS) is 34.6. The van der Waals surface area contributed by atoms with Gasteiger partial charge in [0, 0.05) is 0 Å². The van der Waals surface area contributed by atoms with E-state index in [4.69, 9.17) is 0 Å². The number of thiol groups is 1. The highest BCUT2D eigenvalue weighted by Crippen LogP contribution is 2.22. The van der Waals surface area contributed by atoms with Crippen molar-refractivity contribution in [2.45, 2.75) is 37.1 Å². The van der Waals surface area contributed by atoms with E-state index in [1.165, 1.54) is 0 Å². The number of halogens is 1. The van der Waals surface area contributed by atoms with Crippen molar-refractivity contribution in [2.24, 2.45) is 0 Å². The van der Waals surface area contributed by atoms with Crippen molar-refractivity contribution in [2.75, 3.05) is 0 Å². The minimum absolute atomic E-state index is 0.221. The van der Waals surface area contributed by atoms with Gasteiger partial charge in [-0.25, -0.2) is 12.8 Å². The summed E-state index contributed by atoms with van der Waals surface area (Å²) in [7, 11) is -2.39. The maximum atomic E-state index is 12.5. The lowest BCUT2D eigenvalue weighted by molar-refractivity contribution is 0.253. The van der Waals surface area contributed by atoms with E-state index in [1.54, 1.807) is 0 Å². The summed E-state index contributed by atoms with van der Waals surface area (Å²) in [5, 5.41) is -0.390. The molecule has 0 heterocycles. The summed E-state index contributed by atoms with van der Waals surface area (Å²) in [6, 6.07) is 0. The summed E-state index contributed by atoms with van der Waals surface area (Å²) in [6.07, 6.45) is 1.25. The van der Waals surface area contributed by atoms with E-state index in [-0.39, 0.29) is 6.42 Å². The van der Waals surface area contributed by atoms with Crippen LogP contribution in [0.3, 0.4) is 0 Å². The van der Waals surface area contributed by atoms with E-state index in [9.17, 15) is 12.8 Å². The van der Waals surface area contributed by atoms with E-state index >= 15 is 0 Å². The first kappa shape index (κ1) is 7.98. The van der Waals surface area contributed by atoms with E-state index in [0.717, 1.165) is 6.42 Å². The predicted molar refractivity (Wildman–Crippen MR) is 37.5 cm³/mol. The fourth-order valence-corrected chi connectivity index (χ4v) is 2.09. The van der Waals surface area contributed by atoms with Gasteiger partial charge < -0.3 is 0 Å². The number of hydrogen-bond donors (Lipinski definition) is 1. The molecule has 60 valence electrons. The summed E-state index contributed by atoms with van der Waals surface area (Å²) in [6.45, 7) is 0. The van der Waals surface area contributed by atoms with Crippen molar-refractivity contribution < 1.29 is 12.8 Å². The molecule has 0 aromatic heterocycles. The van der Waals surface area contributed by atoms with Gasteiger partial charge in [0.05, 0.1) is 5.25 Å². The van der Waals surface area contributed by atoms with Crippen LogP contribution in [0, 0.1) is 0 Å². The van der Waals surface area contributed by atoms with Crippen LogP contribution in [0.15, 0.2) is 0 Å². The zero-order chi connectivity index (χ0) is 7.56. The fraction of sp³-hybridized carbons (Fsp3) is 1.00. The van der Waals surface area contributed by atoms with Gasteiger partial charge in [-0.2, -0.15) is 0 Å². The standard InChI is InChI=1S/C6H11FO2S/c7-5-2-1-3-6(4-5)10(8)9/h5-6,10H,1-4H2. The molecule has 0 aromatic carbocycles. The molecule has 0 aliphatic heterocycles. The van der Waals surface area contributed by atoms with Gasteiger partial charge in [-0.05, 0) is 25.7 Å². The molecule has 4 heteroatoms. The van der Waals surface area contributed by atoms with Gasteiger partial charge >= 0.3 is 0 Å². The smallest absolute Gasteiger partial charge is 0.143 e. The van der Waals surface area contributed by atoms with Crippen LogP contribution in [0.1, 0.15) is 25.7 Å². The Morgan fingerprint density at radius 3 is 2.40 bits per heavy atom. The zero-order valence-corrected chi connectivity index (χ0v) is 6.52. The summed E-state index contributed by atoms with van der Waals surface area (Å²) in [4.78, 5) is 0. The average molecular weight is 166 g/mol. The molecule has 2 nitrogen and oxygen atoms in total. The van der Waals surface area contributed by atoms with Crippen LogP contribution in [0.25, 0.3) is 0 Å². The Hall–Kier alpha value is -0.120. The lowest BCUT2D eigenvalue weighted by Gasteiger charge is -2.19. The van der Waals surface area contributed by atoms with Crippen LogP contribution in [-0.2, 0) is 10.7 Å². The van der Waals surface area contributed by atoms with E-state index in [2.05, 4.69) is 0 Å². The van der Waals surface area contributed by atoms with Gasteiger partial charge in [0.25, 0.3) is 0 Å². The predicted octanol–water partition coefficient (Wildman–Crippen LogP) is 0.879. The monoisotopic (exact) mass is 166 g/mol. The minimum atomic E-state index is -2.39. The first-order valence-electron chi connectivity index (χ1n) is 3.47. The Morgan fingerprint density at radius 2 is 2.00 bits per heavy atom. The quantitative estimate of drug-likeness (QED) is 0.587. The molecule has 0 N–H and O–H groups in total. The SMILES string of the molecule is O=[SH](=O)C1CCCC(F)C1. The topological polar surface area (TPSA) is 34.1 Å². The van der Waals surface area contributed by atoms with Gasteiger partial charge in [-0.1, -0.05) is 0 Å². The molecule has 2 atom stereocenters. The molecule has 1 rings (SSSR count). The van der Waals surface area contributed by atoms with Gasteiger partial charge in [-0.15, -0.1) is 0 Å². The molecule has 2 unspecified atom stereocenters. The zero-order valence-electron chi connectivity index (χ0n) is 5.62. The number of rotatable bonds is 1. The molecule has 0 spiro atoms. The first-order valence-corrected chi connectivity index (χ1v) is 4.72.